The second-order valence-electron chi connectivity index (χ2n) is 4.50. The van der Waals surface area contributed by atoms with Crippen LogP contribution in [0.15, 0.2) is 18.2 Å². The molecule has 1 heterocycles. The molecule has 0 aromatic heterocycles. The first-order valence-corrected chi connectivity index (χ1v) is 4.88. The van der Waals surface area contributed by atoms with Crippen molar-refractivity contribution < 1.29 is 0 Å². The number of likely N-dealkylation sites (N-methyl/N-ethyl adjacent to an activating group) is 1. The molecule has 0 unspecified atom stereocenters. The van der Waals surface area contributed by atoms with Gasteiger partial charge in [0.25, 0.3) is 0 Å². The number of nitrogens with two attached hydrogens (primary N) is 1. The minimum atomic E-state index is 0.140. The Morgan fingerprint density at radius 1 is 1.43 bits per heavy atom. The molecule has 2 rings (SSSR count). The quantitative estimate of drug-likeness (QED) is 0.615. The molecule has 0 atom stereocenters. The molecular weight excluding hydrogens is 174 g/mol. The van der Waals surface area contributed by atoms with Crippen molar-refractivity contribution in [3.8, 4) is 0 Å². The fraction of sp³-hybridized carbons (Fsp3) is 0.455. The molecule has 3 nitrogen and oxygen atoms in total. The largest absolute Gasteiger partial charge is 0.399 e. The predicted molar refractivity (Wildman–Crippen MR) is 61.8 cm³/mol. The van der Waals surface area contributed by atoms with Crippen molar-refractivity contribution in [3.05, 3.63) is 18.2 Å². The zero-order valence-electron chi connectivity index (χ0n) is 8.96. The summed E-state index contributed by atoms with van der Waals surface area (Å²) in [6, 6.07) is 5.98. The Hall–Kier alpha value is -1.38. The monoisotopic (exact) mass is 191 g/mol. The van der Waals surface area contributed by atoms with Gasteiger partial charge in [-0.15, -0.1) is 0 Å². The molecular formula is C11H17N3. The second kappa shape index (κ2) is 2.80. The van der Waals surface area contributed by atoms with Crippen molar-refractivity contribution in [2.75, 3.05) is 29.5 Å². The summed E-state index contributed by atoms with van der Waals surface area (Å²) < 4.78 is 0. The highest BCUT2D eigenvalue weighted by Crippen LogP contribution is 2.35. The first-order valence-electron chi connectivity index (χ1n) is 4.88. The highest BCUT2D eigenvalue weighted by molar-refractivity contribution is 5.76. The first kappa shape index (κ1) is 9.19. The van der Waals surface area contributed by atoms with E-state index in [0.717, 1.165) is 12.2 Å². The van der Waals surface area contributed by atoms with Gasteiger partial charge in [0.05, 0.1) is 16.9 Å². The van der Waals surface area contributed by atoms with E-state index in [1.807, 2.05) is 18.2 Å². The summed E-state index contributed by atoms with van der Waals surface area (Å²) in [7, 11) is 2.11. The zero-order valence-corrected chi connectivity index (χ0v) is 8.96. The SMILES string of the molecule is CN1c2cc(N)ccc2NCC1(C)C. The van der Waals surface area contributed by atoms with Crippen LogP contribution in [0.5, 0.6) is 0 Å². The molecule has 1 aliphatic heterocycles. The lowest BCUT2D eigenvalue weighted by molar-refractivity contribution is 0.503. The first-order chi connectivity index (χ1) is 6.50. The van der Waals surface area contributed by atoms with Gasteiger partial charge in [-0.3, -0.25) is 0 Å². The molecule has 0 saturated heterocycles. The van der Waals surface area contributed by atoms with Crippen LogP contribution in [0.4, 0.5) is 17.1 Å². The molecule has 3 heteroatoms. The normalized spacial score (nSPS) is 18.6. The van der Waals surface area contributed by atoms with Crippen molar-refractivity contribution in [2.24, 2.45) is 0 Å². The van der Waals surface area contributed by atoms with Gasteiger partial charge in [0.2, 0.25) is 0 Å². The van der Waals surface area contributed by atoms with E-state index in [4.69, 9.17) is 5.73 Å². The maximum absolute atomic E-state index is 5.78. The Morgan fingerprint density at radius 3 is 2.86 bits per heavy atom. The Balaban J connectivity index is 2.48. The number of nitrogens with one attached hydrogen (secondary N) is 1. The van der Waals surface area contributed by atoms with E-state index in [9.17, 15) is 0 Å². The smallest absolute Gasteiger partial charge is 0.0625 e. The van der Waals surface area contributed by atoms with E-state index in [-0.39, 0.29) is 5.54 Å². The molecule has 0 aliphatic carbocycles. The molecule has 1 aromatic carbocycles. The average Bonchev–Trinajstić information content (AvgIpc) is 2.13. The minimum Gasteiger partial charge on any atom is -0.399 e. The van der Waals surface area contributed by atoms with E-state index in [2.05, 4.69) is 31.1 Å². The number of anilines is 3. The van der Waals surface area contributed by atoms with Gasteiger partial charge in [0.15, 0.2) is 0 Å². The molecule has 1 aliphatic rings. The zero-order chi connectivity index (χ0) is 10.3. The van der Waals surface area contributed by atoms with E-state index < -0.39 is 0 Å². The molecule has 76 valence electrons. The molecule has 0 amide bonds. The van der Waals surface area contributed by atoms with Gasteiger partial charge in [-0.05, 0) is 32.0 Å². The van der Waals surface area contributed by atoms with Crippen LogP contribution >= 0.6 is 0 Å². The number of nitrogen functional groups attached to an aromatic ring is 1. The minimum absolute atomic E-state index is 0.140. The Morgan fingerprint density at radius 2 is 2.14 bits per heavy atom. The highest BCUT2D eigenvalue weighted by atomic mass is 15.2. The standard InChI is InChI=1S/C11H17N3/c1-11(2)7-13-9-5-4-8(12)6-10(9)14(11)3/h4-6,13H,7,12H2,1-3H3. The Kier molecular flexibility index (Phi) is 1.84. The number of nitrogens with zero attached hydrogens (tertiary/aromatic N) is 1. The maximum atomic E-state index is 5.78. The summed E-state index contributed by atoms with van der Waals surface area (Å²) in [6.45, 7) is 5.39. The van der Waals surface area contributed by atoms with E-state index in [0.29, 0.717) is 0 Å². The lowest BCUT2D eigenvalue weighted by Crippen LogP contribution is -2.49. The number of fused-ring (bicyclic) bond motifs is 1. The van der Waals surface area contributed by atoms with Gasteiger partial charge in [-0.2, -0.15) is 0 Å². The van der Waals surface area contributed by atoms with Crippen LogP contribution in [0.3, 0.4) is 0 Å². The Bertz CT molecular complexity index is 358. The van der Waals surface area contributed by atoms with E-state index in [1.165, 1.54) is 11.4 Å². The van der Waals surface area contributed by atoms with Gasteiger partial charge in [-0.25, -0.2) is 0 Å². The van der Waals surface area contributed by atoms with Crippen molar-refractivity contribution in [1.29, 1.82) is 0 Å². The third kappa shape index (κ3) is 1.29. The summed E-state index contributed by atoms with van der Waals surface area (Å²) >= 11 is 0. The number of hydrogen-bond acceptors (Lipinski definition) is 3. The number of rotatable bonds is 0. The van der Waals surface area contributed by atoms with Crippen LogP contribution in [-0.2, 0) is 0 Å². The summed E-state index contributed by atoms with van der Waals surface area (Å²) in [4.78, 5) is 2.27. The number of benzene rings is 1. The number of hydrogen-bond donors (Lipinski definition) is 2. The third-order valence-electron chi connectivity index (χ3n) is 3.00. The molecule has 0 fully saturated rings. The molecule has 0 bridgehead atoms. The van der Waals surface area contributed by atoms with Crippen LogP contribution in [0.1, 0.15) is 13.8 Å². The van der Waals surface area contributed by atoms with Crippen LogP contribution in [-0.4, -0.2) is 19.1 Å². The van der Waals surface area contributed by atoms with Crippen molar-refractivity contribution in [3.63, 3.8) is 0 Å². The lowest BCUT2D eigenvalue weighted by atomic mass is 9.98. The van der Waals surface area contributed by atoms with Crippen molar-refractivity contribution in [2.45, 2.75) is 19.4 Å². The van der Waals surface area contributed by atoms with Crippen molar-refractivity contribution in [1.82, 2.24) is 0 Å². The lowest BCUT2D eigenvalue weighted by Gasteiger charge is -2.43. The molecule has 14 heavy (non-hydrogen) atoms. The third-order valence-corrected chi connectivity index (χ3v) is 3.00. The summed E-state index contributed by atoms with van der Waals surface area (Å²) in [5, 5.41) is 3.41. The van der Waals surface area contributed by atoms with Gasteiger partial charge in [0.1, 0.15) is 0 Å². The van der Waals surface area contributed by atoms with Gasteiger partial charge < -0.3 is 16.0 Å². The molecule has 0 radical (unpaired) electrons. The Labute approximate surface area is 84.9 Å². The summed E-state index contributed by atoms with van der Waals surface area (Å²) in [5.74, 6) is 0. The summed E-state index contributed by atoms with van der Waals surface area (Å²) in [6.07, 6.45) is 0. The fourth-order valence-electron chi connectivity index (χ4n) is 1.73. The summed E-state index contributed by atoms with van der Waals surface area (Å²) in [5.41, 5.74) is 9.08. The van der Waals surface area contributed by atoms with E-state index in [1.54, 1.807) is 0 Å². The second-order valence-corrected chi connectivity index (χ2v) is 4.50. The molecule has 0 saturated carbocycles. The molecule has 3 N–H and O–H groups in total. The predicted octanol–water partition coefficient (Wildman–Crippen LogP) is 1.91. The maximum Gasteiger partial charge on any atom is 0.0625 e. The van der Waals surface area contributed by atoms with Crippen LogP contribution in [0.25, 0.3) is 0 Å². The van der Waals surface area contributed by atoms with Gasteiger partial charge in [0, 0.05) is 19.3 Å². The van der Waals surface area contributed by atoms with Gasteiger partial charge >= 0.3 is 0 Å². The van der Waals surface area contributed by atoms with Crippen LogP contribution in [0, 0.1) is 0 Å². The average molecular weight is 191 g/mol. The topological polar surface area (TPSA) is 41.3 Å². The van der Waals surface area contributed by atoms with Crippen LogP contribution < -0.4 is 16.0 Å². The molecule has 1 aromatic rings. The van der Waals surface area contributed by atoms with Crippen molar-refractivity contribution >= 4 is 17.1 Å². The molecule has 0 spiro atoms. The van der Waals surface area contributed by atoms with Gasteiger partial charge in [-0.1, -0.05) is 0 Å². The van der Waals surface area contributed by atoms with Crippen LogP contribution in [0.2, 0.25) is 0 Å². The highest BCUT2D eigenvalue weighted by Gasteiger charge is 2.29. The van der Waals surface area contributed by atoms with E-state index >= 15 is 0 Å². The fourth-order valence-corrected chi connectivity index (χ4v) is 1.73.